The van der Waals surface area contributed by atoms with E-state index in [1.54, 1.807) is 42.5 Å². The van der Waals surface area contributed by atoms with Gasteiger partial charge in [-0.15, -0.1) is 0 Å². The molecule has 0 aliphatic carbocycles. The molecule has 1 unspecified atom stereocenters. The number of rotatable bonds is 38. The Hall–Kier alpha value is -2.52. The summed E-state index contributed by atoms with van der Waals surface area (Å²) in [5.74, 6) is -0.460. The Balaban J connectivity index is 4.78. The number of phosphoric ester groups is 2. The van der Waals surface area contributed by atoms with E-state index in [4.69, 9.17) is 23.8 Å². The molecule has 6 N–H and O–H groups in total. The maximum Gasteiger partial charge on any atom is 0.472 e. The molecule has 0 saturated heterocycles. The number of allylic oxidation sites excluding steroid dienone is 8. The third-order valence-corrected chi connectivity index (χ3v) is 9.89. The molecule has 0 amide bonds. The summed E-state index contributed by atoms with van der Waals surface area (Å²) in [6, 6.07) is 0. The summed E-state index contributed by atoms with van der Waals surface area (Å²) in [5, 5.41) is 29.7. The molecule has 0 radical (unpaired) electrons. The van der Waals surface area contributed by atoms with Gasteiger partial charge in [0, 0.05) is 12.8 Å². The molecular formula is C43H74O15P2. The first-order valence-corrected chi connectivity index (χ1v) is 24.2. The van der Waals surface area contributed by atoms with Crippen LogP contribution in [0.25, 0.3) is 0 Å². The van der Waals surface area contributed by atoms with Crippen molar-refractivity contribution in [2.45, 2.75) is 154 Å². The smallest absolute Gasteiger partial charge is 0.462 e. The molecule has 0 heterocycles. The third kappa shape index (κ3) is 40.9. The lowest BCUT2D eigenvalue weighted by Crippen LogP contribution is -2.29. The van der Waals surface area contributed by atoms with Crippen molar-refractivity contribution in [2.75, 3.05) is 26.4 Å². The van der Waals surface area contributed by atoms with Crippen LogP contribution >= 0.6 is 15.6 Å². The second kappa shape index (κ2) is 37.1. The zero-order valence-electron chi connectivity index (χ0n) is 35.9. The largest absolute Gasteiger partial charge is 0.472 e. The topological polar surface area (TPSA) is 236 Å². The van der Waals surface area contributed by atoms with E-state index in [-0.39, 0.29) is 12.8 Å². The second-order valence-corrected chi connectivity index (χ2v) is 17.5. The molecule has 346 valence electrons. The fourth-order valence-corrected chi connectivity index (χ4v) is 6.36. The van der Waals surface area contributed by atoms with E-state index in [1.807, 2.05) is 37.3 Å². The first-order chi connectivity index (χ1) is 28.5. The van der Waals surface area contributed by atoms with E-state index in [9.17, 15) is 38.9 Å². The summed E-state index contributed by atoms with van der Waals surface area (Å²) in [6.07, 6.45) is 31.4. The first kappa shape index (κ1) is 57.5. The highest BCUT2D eigenvalue weighted by Gasteiger charge is 2.28. The molecule has 0 fully saturated rings. The molecule has 0 bridgehead atoms. The highest BCUT2D eigenvalue weighted by molar-refractivity contribution is 7.47. The number of phosphoric acid groups is 2. The first-order valence-electron chi connectivity index (χ1n) is 21.2. The highest BCUT2D eigenvalue weighted by atomic mass is 31.2. The molecule has 60 heavy (non-hydrogen) atoms. The van der Waals surface area contributed by atoms with Crippen molar-refractivity contribution in [3.8, 4) is 0 Å². The fraction of sp³-hybridized carbons (Fsp3) is 0.674. The molecule has 17 heteroatoms. The van der Waals surface area contributed by atoms with Gasteiger partial charge in [0.2, 0.25) is 0 Å². The van der Waals surface area contributed by atoms with Gasteiger partial charge in [-0.25, -0.2) is 9.13 Å². The number of ether oxygens (including phenoxy) is 2. The molecule has 0 aliphatic rings. The molecule has 15 nitrogen and oxygen atoms in total. The Kier molecular flexibility index (Phi) is 35.5. The number of hydrogen-bond donors (Lipinski definition) is 6. The maximum atomic E-state index is 12.6. The van der Waals surface area contributed by atoms with Crippen LogP contribution < -0.4 is 0 Å². The monoisotopic (exact) mass is 892 g/mol. The van der Waals surface area contributed by atoms with E-state index in [2.05, 4.69) is 22.9 Å². The highest BCUT2D eigenvalue weighted by Crippen LogP contribution is 2.43. The van der Waals surface area contributed by atoms with Crippen LogP contribution in [0.3, 0.4) is 0 Å². The molecule has 0 aromatic rings. The molecule has 0 rings (SSSR count). The van der Waals surface area contributed by atoms with Crippen molar-refractivity contribution in [2.24, 2.45) is 5.92 Å². The van der Waals surface area contributed by atoms with Crippen molar-refractivity contribution < 1.29 is 71.8 Å². The lowest BCUT2D eigenvalue weighted by Gasteiger charge is -2.20. The van der Waals surface area contributed by atoms with Gasteiger partial charge in [-0.3, -0.25) is 23.2 Å². The molecule has 0 aromatic heterocycles. The molecule has 5 atom stereocenters. The van der Waals surface area contributed by atoms with Crippen LogP contribution in [-0.4, -0.2) is 92.8 Å². The minimum Gasteiger partial charge on any atom is -0.462 e. The summed E-state index contributed by atoms with van der Waals surface area (Å²) in [4.78, 5) is 52.6. The number of unbranched alkanes of at least 4 members (excludes halogenated alkanes) is 8. The Labute approximate surface area is 358 Å². The third-order valence-electron chi connectivity index (χ3n) is 8.46. The average molecular weight is 893 g/mol. The predicted octanol–water partition coefficient (Wildman–Crippen LogP) is 8.41. The van der Waals surface area contributed by atoms with Gasteiger partial charge in [-0.05, 0) is 44.4 Å². The van der Waals surface area contributed by atoms with Gasteiger partial charge < -0.3 is 39.5 Å². The van der Waals surface area contributed by atoms with Gasteiger partial charge in [0.1, 0.15) is 12.7 Å². The van der Waals surface area contributed by atoms with Crippen LogP contribution in [0.4, 0.5) is 0 Å². The number of esters is 2. The minimum atomic E-state index is -4.89. The number of hydrogen-bond acceptors (Lipinski definition) is 12. The van der Waals surface area contributed by atoms with Gasteiger partial charge in [0.25, 0.3) is 0 Å². The Morgan fingerprint density at radius 1 is 0.600 bits per heavy atom. The maximum absolute atomic E-state index is 12.6. The molecule has 0 aliphatic heterocycles. The van der Waals surface area contributed by atoms with Crippen LogP contribution in [0.1, 0.15) is 130 Å². The molecule has 0 spiro atoms. The van der Waals surface area contributed by atoms with Crippen LogP contribution in [-0.2, 0) is 41.8 Å². The van der Waals surface area contributed by atoms with E-state index in [1.165, 1.54) is 32.1 Å². The van der Waals surface area contributed by atoms with Crippen molar-refractivity contribution >= 4 is 27.6 Å². The van der Waals surface area contributed by atoms with Gasteiger partial charge in [-0.1, -0.05) is 151 Å². The van der Waals surface area contributed by atoms with Crippen LogP contribution in [0.2, 0.25) is 0 Å². The van der Waals surface area contributed by atoms with Gasteiger partial charge in [0.05, 0.1) is 32.0 Å². The van der Waals surface area contributed by atoms with Crippen molar-refractivity contribution in [3.05, 3.63) is 72.9 Å². The van der Waals surface area contributed by atoms with E-state index >= 15 is 0 Å². The van der Waals surface area contributed by atoms with Crippen molar-refractivity contribution in [3.63, 3.8) is 0 Å². The second-order valence-electron chi connectivity index (χ2n) is 14.8. The predicted molar refractivity (Wildman–Crippen MR) is 232 cm³/mol. The van der Waals surface area contributed by atoms with Crippen LogP contribution in [0.5, 0.6) is 0 Å². The lowest BCUT2D eigenvalue weighted by molar-refractivity contribution is -0.161. The van der Waals surface area contributed by atoms with Gasteiger partial charge in [0.15, 0.2) is 6.10 Å². The summed E-state index contributed by atoms with van der Waals surface area (Å²) in [6.45, 7) is 3.62. The molecular weight excluding hydrogens is 818 g/mol. The summed E-state index contributed by atoms with van der Waals surface area (Å²) in [7, 11) is -9.74. The zero-order valence-corrected chi connectivity index (χ0v) is 37.7. The van der Waals surface area contributed by atoms with Gasteiger partial charge in [-0.2, -0.15) is 0 Å². The summed E-state index contributed by atoms with van der Waals surface area (Å²) < 4.78 is 47.5. The number of aliphatic hydroxyl groups excluding tert-OH is 3. The van der Waals surface area contributed by atoms with Crippen molar-refractivity contribution in [1.82, 2.24) is 0 Å². The molecule has 0 aromatic carbocycles. The van der Waals surface area contributed by atoms with Crippen molar-refractivity contribution in [1.29, 1.82) is 0 Å². The number of carbonyl (C=O) groups is 2. The lowest BCUT2D eigenvalue weighted by atomic mass is 10.0. The zero-order chi connectivity index (χ0) is 44.9. The Bertz CT molecular complexity index is 1390. The Morgan fingerprint density at radius 2 is 1.13 bits per heavy atom. The van der Waals surface area contributed by atoms with Gasteiger partial charge >= 0.3 is 27.6 Å². The summed E-state index contributed by atoms with van der Waals surface area (Å²) in [5.41, 5.74) is 0. The molecule has 0 saturated carbocycles. The SMILES string of the molecule is CC/C=C\C[C@H](O)/C=C/C=C\C=C\[C@H](O)C/C=C\C/C=C\CCC(=O)O[C@H](COC(=O)CCCCCCCCCCCC(C)C)COP(=O)(O)OC[C@@H](O)COP(=O)(O)O. The Morgan fingerprint density at radius 3 is 1.72 bits per heavy atom. The summed E-state index contributed by atoms with van der Waals surface area (Å²) >= 11 is 0. The quantitative estimate of drug-likeness (QED) is 0.0112. The van der Waals surface area contributed by atoms with E-state index < -0.39 is 78.4 Å². The number of carbonyl (C=O) groups excluding carboxylic acids is 2. The minimum absolute atomic E-state index is 0.0528. The van der Waals surface area contributed by atoms with Crippen LogP contribution in [0.15, 0.2) is 72.9 Å². The fourth-order valence-electron chi connectivity index (χ4n) is 5.20. The van der Waals surface area contributed by atoms with E-state index in [0.717, 1.165) is 38.0 Å². The normalized spacial score (nSPS) is 15.9. The van der Waals surface area contributed by atoms with Crippen LogP contribution in [0, 0.1) is 5.92 Å². The number of aliphatic hydroxyl groups is 3. The average Bonchev–Trinajstić information content (AvgIpc) is 3.18. The standard InChI is InChI=1S/C43H74O15P2/c1-4-5-19-27-38(44)29-22-17-18-23-30-39(45)28-21-14-11-12-16-25-32-43(48)58-41(36-57-60(52,53)56-34-40(46)33-55-59(49,50)51)35-54-42(47)31-24-15-10-8-6-7-9-13-20-26-37(2)3/h5,12,14,16-19,21-23,29-30,37-41,44-46H,4,6-11,13,15,20,24-28,31-36H2,1-3H3,(H,52,53)(H2,49,50,51)/b16-12-,18-17-,19-5-,21-14-,29-22+,30-23+/t38-,39+,40-,41+/m0/s1. The van der Waals surface area contributed by atoms with E-state index in [0.29, 0.717) is 32.1 Å².